The van der Waals surface area contributed by atoms with Gasteiger partial charge in [0, 0.05) is 5.57 Å². The lowest BCUT2D eigenvalue weighted by atomic mass is 9.94. The summed E-state index contributed by atoms with van der Waals surface area (Å²) in [4.78, 5) is 10.4. The minimum Gasteiger partial charge on any atom is -0.478 e. The van der Waals surface area contributed by atoms with Crippen LogP contribution in [0, 0.1) is 11.8 Å². The van der Waals surface area contributed by atoms with E-state index in [0.29, 0.717) is 17.4 Å². The molecule has 0 bridgehead atoms. The summed E-state index contributed by atoms with van der Waals surface area (Å²) in [5, 5.41) is 8.57. The number of carboxylic acid groups (broad SMARTS) is 1. The van der Waals surface area contributed by atoms with Crippen molar-refractivity contribution in [1.82, 2.24) is 0 Å². The van der Waals surface area contributed by atoms with Crippen molar-refractivity contribution in [3.63, 3.8) is 0 Å². The van der Waals surface area contributed by atoms with Gasteiger partial charge in [-0.25, -0.2) is 4.79 Å². The van der Waals surface area contributed by atoms with Gasteiger partial charge in [-0.05, 0) is 25.2 Å². The minimum atomic E-state index is -0.814. The molecule has 0 saturated heterocycles. The topological polar surface area (TPSA) is 37.3 Å². The highest BCUT2D eigenvalue weighted by molar-refractivity contribution is 5.85. The summed E-state index contributed by atoms with van der Waals surface area (Å²) in [7, 11) is 0. The van der Waals surface area contributed by atoms with Crippen LogP contribution in [0.4, 0.5) is 0 Å². The second kappa shape index (κ2) is 4.96. The summed E-state index contributed by atoms with van der Waals surface area (Å²) >= 11 is 0. The Morgan fingerprint density at radius 1 is 1.42 bits per heavy atom. The van der Waals surface area contributed by atoms with Crippen LogP contribution in [0.2, 0.25) is 0 Å². The molecule has 0 fully saturated rings. The van der Waals surface area contributed by atoms with Gasteiger partial charge in [0.2, 0.25) is 0 Å². The smallest absolute Gasteiger partial charge is 0.330 e. The molecule has 0 aliphatic rings. The predicted molar refractivity (Wildman–Crippen MR) is 50.0 cm³/mol. The van der Waals surface area contributed by atoms with Gasteiger partial charge in [0.15, 0.2) is 0 Å². The van der Waals surface area contributed by atoms with Gasteiger partial charge in [-0.15, -0.1) is 0 Å². The lowest BCUT2D eigenvalue weighted by Crippen LogP contribution is -2.03. The Morgan fingerprint density at radius 3 is 2.25 bits per heavy atom. The molecular formula is C10H18O2. The van der Waals surface area contributed by atoms with Crippen molar-refractivity contribution in [3.8, 4) is 0 Å². The number of carboxylic acids is 1. The fourth-order valence-electron chi connectivity index (χ4n) is 0.722. The Kier molecular flexibility index (Phi) is 4.64. The first-order chi connectivity index (χ1) is 5.45. The second-order valence-corrected chi connectivity index (χ2v) is 3.65. The van der Waals surface area contributed by atoms with Crippen molar-refractivity contribution >= 4 is 5.97 Å². The predicted octanol–water partition coefficient (Wildman–Crippen LogP) is 2.70. The highest BCUT2D eigenvalue weighted by Gasteiger charge is 2.06. The lowest BCUT2D eigenvalue weighted by molar-refractivity contribution is -0.132. The van der Waals surface area contributed by atoms with E-state index in [4.69, 9.17) is 5.11 Å². The monoisotopic (exact) mass is 170 g/mol. The summed E-state index contributed by atoms with van der Waals surface area (Å²) in [6.07, 6.45) is 2.66. The van der Waals surface area contributed by atoms with Crippen LogP contribution in [-0.2, 0) is 4.79 Å². The third kappa shape index (κ3) is 4.16. The standard InChI is InChI=1S/C10H18O2/c1-7(2)8(3)5-6-9(4)10(11)12/h6-8H,5H2,1-4H3,(H,11,12). The van der Waals surface area contributed by atoms with E-state index in [2.05, 4.69) is 20.8 Å². The van der Waals surface area contributed by atoms with E-state index < -0.39 is 5.97 Å². The molecule has 2 heteroatoms. The summed E-state index contributed by atoms with van der Waals surface area (Å²) in [6, 6.07) is 0. The number of allylic oxidation sites excluding steroid dienone is 1. The van der Waals surface area contributed by atoms with Gasteiger partial charge in [-0.2, -0.15) is 0 Å². The Balaban J connectivity index is 3.96. The maximum atomic E-state index is 10.4. The average Bonchev–Trinajstić information content (AvgIpc) is 1.98. The molecule has 0 aliphatic carbocycles. The largest absolute Gasteiger partial charge is 0.478 e. The molecule has 1 atom stereocenters. The Labute approximate surface area is 74.3 Å². The van der Waals surface area contributed by atoms with Crippen LogP contribution in [0.25, 0.3) is 0 Å². The summed E-state index contributed by atoms with van der Waals surface area (Å²) in [6.45, 7) is 8.06. The molecule has 0 spiro atoms. The fourth-order valence-corrected chi connectivity index (χ4v) is 0.722. The quantitative estimate of drug-likeness (QED) is 0.659. The molecule has 70 valence electrons. The van der Waals surface area contributed by atoms with Gasteiger partial charge >= 0.3 is 5.97 Å². The van der Waals surface area contributed by atoms with E-state index in [0.717, 1.165) is 6.42 Å². The van der Waals surface area contributed by atoms with Crippen molar-refractivity contribution < 1.29 is 9.90 Å². The molecule has 0 aromatic rings. The molecule has 0 saturated carbocycles. The van der Waals surface area contributed by atoms with Gasteiger partial charge in [-0.1, -0.05) is 26.8 Å². The van der Waals surface area contributed by atoms with Crippen molar-refractivity contribution in [2.75, 3.05) is 0 Å². The van der Waals surface area contributed by atoms with Gasteiger partial charge in [0.05, 0.1) is 0 Å². The first-order valence-electron chi connectivity index (χ1n) is 4.35. The Hall–Kier alpha value is -0.790. The minimum absolute atomic E-state index is 0.447. The maximum Gasteiger partial charge on any atom is 0.330 e. The highest BCUT2D eigenvalue weighted by Crippen LogP contribution is 2.15. The van der Waals surface area contributed by atoms with Gasteiger partial charge in [0.1, 0.15) is 0 Å². The Morgan fingerprint density at radius 2 is 1.92 bits per heavy atom. The Bertz CT molecular complexity index is 180. The normalized spacial score (nSPS) is 14.9. The molecule has 0 aromatic carbocycles. The molecule has 1 N–H and O–H groups in total. The first-order valence-corrected chi connectivity index (χ1v) is 4.35. The van der Waals surface area contributed by atoms with Gasteiger partial charge in [-0.3, -0.25) is 0 Å². The molecule has 0 heterocycles. The summed E-state index contributed by atoms with van der Waals surface area (Å²) in [5.74, 6) is 0.355. The van der Waals surface area contributed by atoms with Crippen LogP contribution in [0.15, 0.2) is 11.6 Å². The van der Waals surface area contributed by atoms with E-state index >= 15 is 0 Å². The van der Waals surface area contributed by atoms with Crippen LogP contribution < -0.4 is 0 Å². The van der Waals surface area contributed by atoms with E-state index in [9.17, 15) is 4.79 Å². The molecule has 0 aromatic heterocycles. The third-order valence-electron chi connectivity index (χ3n) is 2.27. The molecule has 0 aliphatic heterocycles. The van der Waals surface area contributed by atoms with Crippen LogP contribution in [0.1, 0.15) is 34.1 Å². The molecule has 0 amide bonds. The zero-order valence-corrected chi connectivity index (χ0v) is 8.29. The second-order valence-electron chi connectivity index (χ2n) is 3.65. The fraction of sp³-hybridized carbons (Fsp3) is 0.700. The van der Waals surface area contributed by atoms with Crippen molar-refractivity contribution in [3.05, 3.63) is 11.6 Å². The molecule has 0 radical (unpaired) electrons. The van der Waals surface area contributed by atoms with Crippen molar-refractivity contribution in [2.24, 2.45) is 11.8 Å². The van der Waals surface area contributed by atoms with E-state index in [1.165, 1.54) is 0 Å². The van der Waals surface area contributed by atoms with E-state index in [1.54, 1.807) is 13.0 Å². The van der Waals surface area contributed by atoms with Crippen molar-refractivity contribution in [2.45, 2.75) is 34.1 Å². The molecule has 12 heavy (non-hydrogen) atoms. The average molecular weight is 170 g/mol. The van der Waals surface area contributed by atoms with Crippen LogP contribution in [0.5, 0.6) is 0 Å². The lowest BCUT2D eigenvalue weighted by Gasteiger charge is -2.12. The third-order valence-corrected chi connectivity index (χ3v) is 2.27. The molecular weight excluding hydrogens is 152 g/mol. The van der Waals surface area contributed by atoms with Crippen molar-refractivity contribution in [1.29, 1.82) is 0 Å². The zero-order valence-electron chi connectivity index (χ0n) is 8.29. The highest BCUT2D eigenvalue weighted by atomic mass is 16.4. The number of hydrogen-bond donors (Lipinski definition) is 1. The van der Waals surface area contributed by atoms with E-state index in [-0.39, 0.29) is 0 Å². The zero-order chi connectivity index (χ0) is 9.72. The SMILES string of the molecule is CC(=CCC(C)C(C)C)C(=O)O. The van der Waals surface area contributed by atoms with Gasteiger partial charge in [0.25, 0.3) is 0 Å². The summed E-state index contributed by atoms with van der Waals surface area (Å²) < 4.78 is 0. The first kappa shape index (κ1) is 11.2. The van der Waals surface area contributed by atoms with Crippen LogP contribution >= 0.6 is 0 Å². The number of carbonyl (C=O) groups is 1. The summed E-state index contributed by atoms with van der Waals surface area (Å²) in [5.41, 5.74) is 0.447. The van der Waals surface area contributed by atoms with E-state index in [1.807, 2.05) is 0 Å². The van der Waals surface area contributed by atoms with Gasteiger partial charge < -0.3 is 5.11 Å². The maximum absolute atomic E-state index is 10.4. The molecule has 1 unspecified atom stereocenters. The number of rotatable bonds is 4. The molecule has 2 nitrogen and oxygen atoms in total. The van der Waals surface area contributed by atoms with Crippen LogP contribution in [0.3, 0.4) is 0 Å². The molecule has 0 rings (SSSR count). The number of hydrogen-bond acceptors (Lipinski definition) is 1. The van der Waals surface area contributed by atoms with Crippen LogP contribution in [-0.4, -0.2) is 11.1 Å². The number of aliphatic carboxylic acids is 1.